The van der Waals surface area contributed by atoms with E-state index in [9.17, 15) is 27.1 Å². The zero-order valence-corrected chi connectivity index (χ0v) is 23.0. The summed E-state index contributed by atoms with van der Waals surface area (Å²) in [7, 11) is -4.04. The molecule has 3 aromatic carbocycles. The number of halogens is 2. The van der Waals surface area contributed by atoms with Crippen LogP contribution in [0.2, 0.25) is 0 Å². The zero-order valence-electron chi connectivity index (χ0n) is 22.2. The summed E-state index contributed by atoms with van der Waals surface area (Å²) in [6.45, 7) is 2.60. The van der Waals surface area contributed by atoms with Crippen molar-refractivity contribution in [3.8, 4) is 0 Å². The van der Waals surface area contributed by atoms with Gasteiger partial charge in [-0.2, -0.15) is 8.42 Å². The molecule has 4 rings (SSSR count). The van der Waals surface area contributed by atoms with Gasteiger partial charge in [-0.25, -0.2) is 8.78 Å². The van der Waals surface area contributed by atoms with Crippen molar-refractivity contribution >= 4 is 21.6 Å². The summed E-state index contributed by atoms with van der Waals surface area (Å²) in [5, 5.41) is 20.0. The minimum Gasteiger partial charge on any atom is -0.390 e. The Bertz CT molecular complexity index is 1560. The Morgan fingerprint density at radius 2 is 1.71 bits per heavy atom. The van der Waals surface area contributed by atoms with E-state index in [1.54, 1.807) is 0 Å². The van der Waals surface area contributed by atoms with Crippen molar-refractivity contribution < 1.29 is 31.6 Å². The highest BCUT2D eigenvalue weighted by molar-refractivity contribution is 7.92. The van der Waals surface area contributed by atoms with Crippen molar-refractivity contribution in [2.24, 2.45) is 0 Å². The number of aryl methyl sites for hydroxylation is 1. The van der Waals surface area contributed by atoms with Gasteiger partial charge in [0.15, 0.2) is 0 Å². The number of carbonyl (C=O) groups is 1. The summed E-state index contributed by atoms with van der Waals surface area (Å²) in [5.74, 6) is -2.18. The molecule has 0 bridgehead atoms. The van der Waals surface area contributed by atoms with E-state index in [0.717, 1.165) is 36.4 Å². The first-order valence-electron chi connectivity index (χ1n) is 12.9. The van der Waals surface area contributed by atoms with Crippen LogP contribution >= 0.6 is 0 Å². The smallest absolute Gasteiger partial charge is 0.282 e. The van der Waals surface area contributed by atoms with Gasteiger partial charge < -0.3 is 20.3 Å². The lowest BCUT2D eigenvalue weighted by Crippen LogP contribution is -2.48. The van der Waals surface area contributed by atoms with Crippen LogP contribution in [0.1, 0.15) is 34.0 Å². The van der Waals surface area contributed by atoms with E-state index >= 15 is 0 Å². The second-order valence-electron chi connectivity index (χ2n) is 9.46. The van der Waals surface area contributed by atoms with E-state index in [1.165, 1.54) is 35.9 Å². The van der Waals surface area contributed by atoms with E-state index in [2.05, 4.69) is 38.0 Å². The fourth-order valence-corrected chi connectivity index (χ4v) is 5.17. The fourth-order valence-electron chi connectivity index (χ4n) is 4.26. The number of carbonyl (C=O) groups excluding carboxylic acids is 1. The Labute approximate surface area is 236 Å². The minimum absolute atomic E-state index is 0.0624. The van der Waals surface area contributed by atoms with Crippen LogP contribution in [0.4, 0.5) is 14.5 Å². The number of hydrogen-bond donors (Lipinski definition) is 4. The van der Waals surface area contributed by atoms with E-state index in [0.29, 0.717) is 6.54 Å². The summed E-state index contributed by atoms with van der Waals surface area (Å²) in [6.07, 6.45) is 0.810. The number of aliphatic hydroxyl groups is 1. The number of aliphatic hydroxyl groups excluding tert-OH is 1. The monoisotopic (exact) mass is 584 g/mol. The number of nitrogens with zero attached hydrogens (tertiary/aromatic N) is 1. The fraction of sp³-hybridized carbons (Fsp3) is 0.241. The molecule has 0 saturated heterocycles. The van der Waals surface area contributed by atoms with Crippen molar-refractivity contribution in [3.05, 3.63) is 113 Å². The highest BCUT2D eigenvalue weighted by atomic mass is 32.2. The third kappa shape index (κ3) is 8.43. The van der Waals surface area contributed by atoms with Gasteiger partial charge in [0.05, 0.1) is 12.1 Å². The predicted octanol–water partition coefficient (Wildman–Crippen LogP) is 3.81. The standard InChI is InChI=1S/C29H30F2N4O5S/c1-2-19-5-3-6-20(11-19)17-32-18-27(36)26(14-21-12-23(30)16-24(31)13-21)33-29(37)22-7-4-8-25(15-22)35-41(38,39)28-9-10-40-34-28/h3-13,15-16,26-27,32,35-36H,2,14,17-18H2,1H3,(H,33,37)/t26-,27+/m0/s1. The number of aromatic nitrogens is 1. The second-order valence-corrected chi connectivity index (χ2v) is 11.1. The van der Waals surface area contributed by atoms with Gasteiger partial charge in [-0.05, 0) is 59.9 Å². The van der Waals surface area contributed by atoms with Crippen molar-refractivity contribution in [1.29, 1.82) is 0 Å². The summed E-state index contributed by atoms with van der Waals surface area (Å²) in [6, 6.07) is 17.0. The molecule has 0 aliphatic carbocycles. The van der Waals surface area contributed by atoms with Crippen LogP contribution in [0.25, 0.3) is 0 Å². The highest BCUT2D eigenvalue weighted by Crippen LogP contribution is 2.17. The molecule has 0 unspecified atom stereocenters. The third-order valence-corrected chi connectivity index (χ3v) is 7.57. The normalized spacial score (nSPS) is 13.0. The number of benzene rings is 3. The highest BCUT2D eigenvalue weighted by Gasteiger charge is 2.24. The lowest BCUT2D eigenvalue weighted by atomic mass is 10.00. The molecule has 1 amide bonds. The Morgan fingerprint density at radius 3 is 2.41 bits per heavy atom. The number of sulfonamides is 1. The van der Waals surface area contributed by atoms with Crippen LogP contribution in [0.3, 0.4) is 0 Å². The Hall–Kier alpha value is -4.13. The maximum Gasteiger partial charge on any atom is 0.282 e. The maximum atomic E-state index is 13.9. The first-order valence-corrected chi connectivity index (χ1v) is 14.4. The number of nitrogens with one attached hydrogen (secondary N) is 3. The van der Waals surface area contributed by atoms with Gasteiger partial charge in [0.1, 0.15) is 17.9 Å². The first-order chi connectivity index (χ1) is 19.6. The first kappa shape index (κ1) is 29.8. The lowest BCUT2D eigenvalue weighted by molar-refractivity contribution is 0.0830. The van der Waals surface area contributed by atoms with Gasteiger partial charge in [0, 0.05) is 36.5 Å². The number of rotatable bonds is 13. The van der Waals surface area contributed by atoms with Crippen molar-refractivity contribution in [1.82, 2.24) is 15.8 Å². The van der Waals surface area contributed by atoms with Crippen molar-refractivity contribution in [2.45, 2.75) is 43.5 Å². The molecule has 4 N–H and O–H groups in total. The van der Waals surface area contributed by atoms with Crippen LogP contribution in [0.15, 0.2) is 88.6 Å². The molecule has 9 nitrogen and oxygen atoms in total. The minimum atomic E-state index is -4.04. The molecular formula is C29H30F2N4O5S. The largest absolute Gasteiger partial charge is 0.390 e. The topological polar surface area (TPSA) is 134 Å². The van der Waals surface area contributed by atoms with Crippen LogP contribution in [0.5, 0.6) is 0 Å². The summed E-state index contributed by atoms with van der Waals surface area (Å²) < 4.78 is 59.6. The second kappa shape index (κ2) is 13.5. The van der Waals surface area contributed by atoms with Crippen LogP contribution < -0.4 is 15.4 Å². The molecule has 41 heavy (non-hydrogen) atoms. The molecule has 0 aliphatic heterocycles. The molecular weight excluding hydrogens is 554 g/mol. The maximum absolute atomic E-state index is 13.9. The average molecular weight is 585 g/mol. The van der Waals surface area contributed by atoms with Crippen LogP contribution in [-0.4, -0.2) is 43.3 Å². The molecule has 0 radical (unpaired) electrons. The molecule has 0 aliphatic rings. The average Bonchev–Trinajstić information content (AvgIpc) is 3.49. The van der Waals surface area contributed by atoms with Gasteiger partial charge in [-0.15, -0.1) is 0 Å². The van der Waals surface area contributed by atoms with Crippen LogP contribution in [0, 0.1) is 11.6 Å². The van der Waals surface area contributed by atoms with E-state index < -0.39 is 39.7 Å². The van der Waals surface area contributed by atoms with E-state index in [-0.39, 0.29) is 34.8 Å². The number of amides is 1. The predicted molar refractivity (Wildman–Crippen MR) is 149 cm³/mol. The molecule has 0 fully saturated rings. The number of hydrogen-bond acceptors (Lipinski definition) is 7. The summed E-state index contributed by atoms with van der Waals surface area (Å²) >= 11 is 0. The van der Waals surface area contributed by atoms with Crippen molar-refractivity contribution in [3.63, 3.8) is 0 Å². The molecule has 216 valence electrons. The summed E-state index contributed by atoms with van der Waals surface area (Å²) in [5.41, 5.74) is 2.64. The van der Waals surface area contributed by atoms with Gasteiger partial charge in [0.2, 0.25) is 5.03 Å². The van der Waals surface area contributed by atoms with E-state index in [4.69, 9.17) is 0 Å². The Kier molecular flexibility index (Phi) is 9.82. The van der Waals surface area contributed by atoms with Gasteiger partial charge in [-0.1, -0.05) is 42.4 Å². The summed E-state index contributed by atoms with van der Waals surface area (Å²) in [4.78, 5) is 13.2. The van der Waals surface area contributed by atoms with Crippen LogP contribution in [-0.2, 0) is 29.4 Å². The molecule has 2 atom stereocenters. The quantitative estimate of drug-likeness (QED) is 0.188. The van der Waals surface area contributed by atoms with Gasteiger partial charge >= 0.3 is 0 Å². The van der Waals surface area contributed by atoms with E-state index in [1.807, 2.05) is 18.2 Å². The lowest BCUT2D eigenvalue weighted by Gasteiger charge is -2.25. The molecule has 0 saturated carbocycles. The molecule has 1 aromatic heterocycles. The molecule has 1 heterocycles. The molecule has 12 heteroatoms. The zero-order chi connectivity index (χ0) is 29.4. The van der Waals surface area contributed by atoms with Gasteiger partial charge in [0.25, 0.3) is 15.9 Å². The Morgan fingerprint density at radius 1 is 0.976 bits per heavy atom. The SMILES string of the molecule is CCc1cccc(CNC[C@@H](O)[C@H](Cc2cc(F)cc(F)c2)NC(=O)c2cccc(NS(=O)(=O)c3ccon3)c2)c1. The molecule has 0 spiro atoms. The third-order valence-electron chi connectivity index (χ3n) is 6.31. The van der Waals surface area contributed by atoms with Gasteiger partial charge in [-0.3, -0.25) is 9.52 Å². The molecule has 4 aromatic rings. The van der Waals surface area contributed by atoms with Crippen molar-refractivity contribution in [2.75, 3.05) is 11.3 Å². The number of anilines is 1. The Balaban J connectivity index is 1.48.